The summed E-state index contributed by atoms with van der Waals surface area (Å²) in [6, 6.07) is 6.30. The van der Waals surface area contributed by atoms with Crippen molar-refractivity contribution in [2.75, 3.05) is 13.2 Å². The molecule has 0 amide bonds. The van der Waals surface area contributed by atoms with Crippen molar-refractivity contribution in [2.45, 2.75) is 77.6 Å². The summed E-state index contributed by atoms with van der Waals surface area (Å²) in [5.74, 6) is 0.973. The first-order valence-corrected chi connectivity index (χ1v) is 10.3. The molecule has 1 aromatic carbocycles. The number of rotatable bonds is 14. The highest BCUT2D eigenvalue weighted by atomic mass is 35.5. The Hall–Kier alpha value is -1.19. The fourth-order valence-electron chi connectivity index (χ4n) is 3.39. The van der Waals surface area contributed by atoms with Gasteiger partial charge in [-0.05, 0) is 43.1 Å². The van der Waals surface area contributed by atoms with Crippen LogP contribution in [0.5, 0.6) is 5.75 Å². The lowest BCUT2D eigenvalue weighted by atomic mass is 10.1. The molecule has 0 atom stereocenters. The molecule has 26 heavy (non-hydrogen) atoms. The Balaban J connectivity index is 0.00000338. The van der Waals surface area contributed by atoms with Crippen molar-refractivity contribution < 1.29 is 4.74 Å². The summed E-state index contributed by atoms with van der Waals surface area (Å²) >= 11 is 0. The summed E-state index contributed by atoms with van der Waals surface area (Å²) in [4.78, 5) is 3.30. The third kappa shape index (κ3) is 8.01. The number of ether oxygens (including phenoxy) is 1. The highest BCUT2D eigenvalue weighted by Crippen LogP contribution is 2.24. The summed E-state index contributed by atoms with van der Waals surface area (Å²) in [7, 11) is 0. The second-order valence-electron chi connectivity index (χ2n) is 7.09. The molecule has 2 rings (SSSR count). The van der Waals surface area contributed by atoms with Gasteiger partial charge >= 0.3 is 0 Å². The molecule has 0 bridgehead atoms. The summed E-state index contributed by atoms with van der Waals surface area (Å²) in [5.41, 5.74) is 8.12. The van der Waals surface area contributed by atoms with Crippen LogP contribution in [0.4, 0.5) is 0 Å². The predicted molar refractivity (Wildman–Crippen MR) is 116 cm³/mol. The van der Waals surface area contributed by atoms with Gasteiger partial charge in [-0.15, -0.1) is 12.4 Å². The fraction of sp³-hybridized carbons (Fsp3) is 0.636. The largest absolute Gasteiger partial charge is 0.494 e. The lowest BCUT2D eigenvalue weighted by molar-refractivity contribution is 0.304. The van der Waals surface area contributed by atoms with Crippen molar-refractivity contribution in [3.8, 4) is 5.75 Å². The van der Waals surface area contributed by atoms with Crippen molar-refractivity contribution in [3.05, 3.63) is 30.0 Å². The molecular weight excluding hydrogens is 344 g/mol. The van der Waals surface area contributed by atoms with Gasteiger partial charge in [0.05, 0.1) is 6.61 Å². The Kier molecular flexibility index (Phi) is 12.3. The van der Waals surface area contributed by atoms with E-state index in [1.54, 1.807) is 0 Å². The number of H-pyrrole nitrogens is 1. The zero-order valence-corrected chi connectivity index (χ0v) is 17.2. The Morgan fingerprint density at radius 2 is 1.58 bits per heavy atom. The monoisotopic (exact) mass is 380 g/mol. The number of unbranched alkanes of at least 4 members (excludes halogenated alkanes) is 9. The molecule has 148 valence electrons. The minimum absolute atomic E-state index is 0. The highest BCUT2D eigenvalue weighted by molar-refractivity contribution is 5.85. The molecule has 3 N–H and O–H groups in total. The third-order valence-electron chi connectivity index (χ3n) is 4.92. The standard InChI is InChI=1S/C22H36N2O.ClH/c1-2-3-4-5-6-7-8-9-10-11-16-25-20-12-13-22-21(17-20)19(14-15-23)18-24-22;/h12-13,17-18,24H,2-11,14-16,23H2,1H3;1H. The van der Waals surface area contributed by atoms with Crippen LogP contribution < -0.4 is 10.5 Å². The molecule has 0 aliphatic heterocycles. The smallest absolute Gasteiger partial charge is 0.120 e. The van der Waals surface area contributed by atoms with Crippen LogP contribution in [-0.4, -0.2) is 18.1 Å². The molecule has 1 aromatic heterocycles. The number of nitrogens with one attached hydrogen (secondary N) is 1. The SMILES string of the molecule is CCCCCCCCCCCCOc1ccc2[nH]cc(CCN)c2c1.Cl. The van der Waals surface area contributed by atoms with Gasteiger partial charge in [-0.2, -0.15) is 0 Å². The number of nitrogens with two attached hydrogens (primary N) is 1. The normalized spacial score (nSPS) is 10.8. The van der Waals surface area contributed by atoms with Crippen LogP contribution in [-0.2, 0) is 6.42 Å². The lowest BCUT2D eigenvalue weighted by Crippen LogP contribution is -2.02. The molecular formula is C22H37ClN2O. The summed E-state index contributed by atoms with van der Waals surface area (Å²) < 4.78 is 5.94. The highest BCUT2D eigenvalue weighted by Gasteiger charge is 2.04. The molecule has 0 aliphatic carbocycles. The molecule has 0 radical (unpaired) electrons. The van der Waals surface area contributed by atoms with Crippen molar-refractivity contribution in [1.82, 2.24) is 4.98 Å². The van der Waals surface area contributed by atoms with Crippen LogP contribution >= 0.6 is 12.4 Å². The molecule has 2 aromatic rings. The molecule has 0 aliphatic rings. The first-order chi connectivity index (χ1) is 12.3. The van der Waals surface area contributed by atoms with E-state index in [2.05, 4.69) is 36.3 Å². The van der Waals surface area contributed by atoms with Crippen molar-refractivity contribution >= 4 is 23.3 Å². The number of fused-ring (bicyclic) bond motifs is 1. The fourth-order valence-corrected chi connectivity index (χ4v) is 3.39. The number of hydrogen-bond donors (Lipinski definition) is 2. The summed E-state index contributed by atoms with van der Waals surface area (Å²) in [6.07, 6.45) is 16.5. The Bertz CT molecular complexity index is 597. The van der Waals surface area contributed by atoms with Crippen LogP contribution in [0, 0.1) is 0 Å². The molecule has 1 heterocycles. The molecule has 4 heteroatoms. The number of aromatic amines is 1. The molecule has 3 nitrogen and oxygen atoms in total. The summed E-state index contributed by atoms with van der Waals surface area (Å²) in [6.45, 7) is 3.77. The molecule has 0 saturated heterocycles. The minimum Gasteiger partial charge on any atom is -0.494 e. The first-order valence-electron chi connectivity index (χ1n) is 10.3. The number of aromatic nitrogens is 1. The maximum absolute atomic E-state index is 5.94. The van der Waals surface area contributed by atoms with E-state index in [9.17, 15) is 0 Å². The van der Waals surface area contributed by atoms with E-state index >= 15 is 0 Å². The number of hydrogen-bond acceptors (Lipinski definition) is 2. The van der Waals surface area contributed by atoms with Crippen molar-refractivity contribution in [2.24, 2.45) is 5.73 Å². The van der Waals surface area contributed by atoms with Crippen LogP contribution in [0.25, 0.3) is 10.9 Å². The van der Waals surface area contributed by atoms with Gasteiger partial charge in [-0.1, -0.05) is 64.7 Å². The second kappa shape index (κ2) is 13.9. The third-order valence-corrected chi connectivity index (χ3v) is 4.92. The minimum atomic E-state index is 0. The lowest BCUT2D eigenvalue weighted by Gasteiger charge is -2.07. The van der Waals surface area contributed by atoms with Crippen molar-refractivity contribution in [3.63, 3.8) is 0 Å². The summed E-state index contributed by atoms with van der Waals surface area (Å²) in [5, 5.41) is 1.24. The van der Waals surface area contributed by atoms with E-state index in [-0.39, 0.29) is 12.4 Å². The van der Waals surface area contributed by atoms with Gasteiger partial charge in [0.15, 0.2) is 0 Å². The van der Waals surface area contributed by atoms with Gasteiger partial charge in [-0.3, -0.25) is 0 Å². The molecule has 0 fully saturated rings. The Morgan fingerprint density at radius 1 is 0.923 bits per heavy atom. The van der Waals surface area contributed by atoms with E-state index < -0.39 is 0 Å². The maximum Gasteiger partial charge on any atom is 0.120 e. The van der Waals surface area contributed by atoms with Crippen LogP contribution in [0.1, 0.15) is 76.7 Å². The Morgan fingerprint density at radius 3 is 2.23 bits per heavy atom. The number of halogens is 1. The predicted octanol–water partition coefficient (Wildman–Crippen LogP) is 6.39. The van der Waals surface area contributed by atoms with Gasteiger partial charge in [0, 0.05) is 17.1 Å². The number of benzene rings is 1. The van der Waals surface area contributed by atoms with Gasteiger partial charge < -0.3 is 15.5 Å². The van der Waals surface area contributed by atoms with E-state index in [0.717, 1.165) is 30.7 Å². The first kappa shape index (κ1) is 22.9. The quantitative estimate of drug-likeness (QED) is 0.373. The van der Waals surface area contributed by atoms with Gasteiger partial charge in [0.2, 0.25) is 0 Å². The maximum atomic E-state index is 5.94. The molecule has 0 saturated carbocycles. The average molecular weight is 381 g/mol. The topological polar surface area (TPSA) is 51.0 Å². The van der Waals surface area contributed by atoms with Crippen LogP contribution in [0.2, 0.25) is 0 Å². The van der Waals surface area contributed by atoms with Gasteiger partial charge in [0.25, 0.3) is 0 Å². The average Bonchev–Trinajstić information content (AvgIpc) is 3.02. The van der Waals surface area contributed by atoms with Crippen LogP contribution in [0.3, 0.4) is 0 Å². The van der Waals surface area contributed by atoms with Gasteiger partial charge in [0.1, 0.15) is 5.75 Å². The zero-order chi connectivity index (χ0) is 17.7. The van der Waals surface area contributed by atoms with E-state index in [1.807, 2.05) is 0 Å². The molecule has 0 unspecified atom stereocenters. The van der Waals surface area contributed by atoms with Crippen LogP contribution in [0.15, 0.2) is 24.4 Å². The second-order valence-corrected chi connectivity index (χ2v) is 7.09. The van der Waals surface area contributed by atoms with E-state index in [1.165, 1.54) is 68.7 Å². The van der Waals surface area contributed by atoms with E-state index in [4.69, 9.17) is 10.5 Å². The Labute approximate surface area is 165 Å². The van der Waals surface area contributed by atoms with E-state index in [0.29, 0.717) is 6.54 Å². The molecule has 0 spiro atoms. The zero-order valence-electron chi connectivity index (χ0n) is 16.4. The van der Waals surface area contributed by atoms with Crippen molar-refractivity contribution in [1.29, 1.82) is 0 Å². The van der Waals surface area contributed by atoms with Gasteiger partial charge in [-0.25, -0.2) is 0 Å².